The number of hydrogen-bond acceptors (Lipinski definition) is 5. The maximum absolute atomic E-state index is 12.3. The minimum Gasteiger partial charge on any atom is -0.354 e. The minimum absolute atomic E-state index is 0. The molecule has 2 aromatic rings. The number of amides is 1. The Labute approximate surface area is 157 Å². The number of aryl methyl sites for hydroxylation is 2. The summed E-state index contributed by atoms with van der Waals surface area (Å²) in [7, 11) is 0. The summed E-state index contributed by atoms with van der Waals surface area (Å²) in [6.45, 7) is 1.43. The first-order valence-corrected chi connectivity index (χ1v) is 8.63. The first-order chi connectivity index (χ1) is 10.8. The molecule has 2 aliphatic rings. The van der Waals surface area contributed by atoms with Gasteiger partial charge in [0.15, 0.2) is 0 Å². The number of aromatic amines is 1. The van der Waals surface area contributed by atoms with Gasteiger partial charge in [0.25, 0.3) is 0 Å². The van der Waals surface area contributed by atoms with Crippen LogP contribution in [-0.2, 0) is 30.5 Å². The molecule has 2 aromatic heterocycles. The van der Waals surface area contributed by atoms with E-state index in [0.29, 0.717) is 6.54 Å². The summed E-state index contributed by atoms with van der Waals surface area (Å²) in [5.74, 6) is -0.00264. The maximum atomic E-state index is 12.3. The lowest BCUT2D eigenvalue weighted by Crippen LogP contribution is -2.42. The average Bonchev–Trinajstić information content (AvgIpc) is 3.21. The number of nitrogens with one attached hydrogen (secondary N) is 3. The van der Waals surface area contributed by atoms with E-state index in [-0.39, 0.29) is 36.8 Å². The molecule has 0 radical (unpaired) electrons. The molecular formula is C15H21Cl2N5OS. The molecule has 0 bridgehead atoms. The molecule has 0 saturated heterocycles. The lowest BCUT2D eigenvalue weighted by molar-refractivity contribution is -0.123. The Bertz CT molecular complexity index is 680. The predicted octanol–water partition coefficient (Wildman–Crippen LogP) is 1.74. The standard InChI is InChI=1S/C15H19N5OS.2ClH/c21-15(14-13-10(4-6-16-14)18-8-19-13)17-7-5-12-20-9-2-1-3-11(9)22-12;;/h8,14,16H,1-7H2,(H,17,21)(H,18,19);2*1H. The van der Waals surface area contributed by atoms with E-state index in [1.807, 2.05) is 0 Å². The van der Waals surface area contributed by atoms with Gasteiger partial charge in [-0.2, -0.15) is 0 Å². The van der Waals surface area contributed by atoms with Crippen LogP contribution in [0.1, 0.15) is 39.4 Å². The third-order valence-electron chi connectivity index (χ3n) is 4.29. The third-order valence-corrected chi connectivity index (χ3v) is 5.51. The van der Waals surface area contributed by atoms with E-state index in [0.717, 1.165) is 42.2 Å². The van der Waals surface area contributed by atoms with E-state index < -0.39 is 0 Å². The van der Waals surface area contributed by atoms with Crippen molar-refractivity contribution in [2.45, 2.75) is 38.1 Å². The van der Waals surface area contributed by atoms with Crippen molar-refractivity contribution in [1.82, 2.24) is 25.6 Å². The van der Waals surface area contributed by atoms with Gasteiger partial charge < -0.3 is 15.6 Å². The molecule has 132 valence electrons. The van der Waals surface area contributed by atoms with Crippen LogP contribution >= 0.6 is 36.2 Å². The number of H-pyrrole nitrogens is 1. The van der Waals surface area contributed by atoms with Gasteiger partial charge in [-0.25, -0.2) is 9.97 Å². The van der Waals surface area contributed by atoms with Gasteiger partial charge in [0, 0.05) is 36.5 Å². The van der Waals surface area contributed by atoms with Crippen LogP contribution in [0.2, 0.25) is 0 Å². The second-order valence-electron chi connectivity index (χ2n) is 5.78. The van der Waals surface area contributed by atoms with Gasteiger partial charge in [0.1, 0.15) is 6.04 Å². The van der Waals surface area contributed by atoms with Crippen molar-refractivity contribution in [2.75, 3.05) is 13.1 Å². The van der Waals surface area contributed by atoms with Crippen molar-refractivity contribution >= 4 is 42.1 Å². The van der Waals surface area contributed by atoms with Crippen molar-refractivity contribution in [1.29, 1.82) is 0 Å². The highest BCUT2D eigenvalue weighted by atomic mass is 35.5. The Morgan fingerprint density at radius 2 is 2.21 bits per heavy atom. The molecule has 0 fully saturated rings. The Morgan fingerprint density at radius 3 is 3.04 bits per heavy atom. The van der Waals surface area contributed by atoms with Crippen LogP contribution in [0.25, 0.3) is 0 Å². The Kier molecular flexibility index (Phi) is 6.62. The minimum atomic E-state index is -0.337. The molecule has 1 unspecified atom stereocenters. The Hall–Kier alpha value is -1.15. The molecule has 0 spiro atoms. The number of thiazole rings is 1. The molecule has 1 amide bonds. The highest BCUT2D eigenvalue weighted by Crippen LogP contribution is 2.27. The van der Waals surface area contributed by atoms with Crippen LogP contribution in [0.4, 0.5) is 0 Å². The molecular weight excluding hydrogens is 369 g/mol. The highest BCUT2D eigenvalue weighted by molar-refractivity contribution is 7.11. The summed E-state index contributed by atoms with van der Waals surface area (Å²) < 4.78 is 0. The van der Waals surface area contributed by atoms with Crippen LogP contribution in [0, 0.1) is 0 Å². The van der Waals surface area contributed by atoms with Crippen molar-refractivity contribution in [3.8, 4) is 0 Å². The van der Waals surface area contributed by atoms with Gasteiger partial charge in [0.05, 0.1) is 22.7 Å². The van der Waals surface area contributed by atoms with E-state index >= 15 is 0 Å². The third kappa shape index (κ3) is 3.74. The summed E-state index contributed by atoms with van der Waals surface area (Å²) >= 11 is 1.80. The monoisotopic (exact) mass is 389 g/mol. The number of nitrogens with zero attached hydrogens (tertiary/aromatic N) is 2. The predicted molar refractivity (Wildman–Crippen MR) is 98.4 cm³/mol. The number of fused-ring (bicyclic) bond motifs is 2. The summed E-state index contributed by atoms with van der Waals surface area (Å²) in [5.41, 5.74) is 3.17. The molecule has 6 nitrogen and oxygen atoms in total. The number of carbonyl (C=O) groups excluding carboxylic acids is 1. The van der Waals surface area contributed by atoms with Crippen molar-refractivity contribution in [2.24, 2.45) is 0 Å². The summed E-state index contributed by atoms with van der Waals surface area (Å²) in [5, 5.41) is 7.38. The normalized spacial score (nSPS) is 18.1. The van der Waals surface area contributed by atoms with E-state index in [4.69, 9.17) is 0 Å². The number of imidazole rings is 1. The summed E-state index contributed by atoms with van der Waals surface area (Å²) in [6.07, 6.45) is 6.90. The fourth-order valence-corrected chi connectivity index (χ4v) is 4.34. The van der Waals surface area contributed by atoms with Gasteiger partial charge >= 0.3 is 0 Å². The van der Waals surface area contributed by atoms with E-state index in [1.165, 1.54) is 23.4 Å². The molecule has 0 saturated carbocycles. The van der Waals surface area contributed by atoms with Crippen LogP contribution in [0.3, 0.4) is 0 Å². The Morgan fingerprint density at radius 1 is 1.33 bits per heavy atom. The van der Waals surface area contributed by atoms with Gasteiger partial charge in [-0.05, 0) is 19.3 Å². The molecule has 1 atom stereocenters. The lowest BCUT2D eigenvalue weighted by Gasteiger charge is -2.22. The zero-order chi connectivity index (χ0) is 14.9. The molecule has 1 aliphatic carbocycles. The summed E-state index contributed by atoms with van der Waals surface area (Å²) in [6, 6.07) is -0.337. The van der Waals surface area contributed by atoms with Crippen molar-refractivity contribution in [3.63, 3.8) is 0 Å². The number of halogens is 2. The SMILES string of the molecule is Cl.Cl.O=C(NCCc1nc2c(s1)CCC2)C1NCCc2[nH]cnc21. The fraction of sp³-hybridized carbons (Fsp3) is 0.533. The molecule has 3 heterocycles. The lowest BCUT2D eigenvalue weighted by atomic mass is 10.1. The van der Waals surface area contributed by atoms with Gasteiger partial charge in [-0.15, -0.1) is 36.2 Å². The molecule has 0 aromatic carbocycles. The van der Waals surface area contributed by atoms with Gasteiger partial charge in [-0.1, -0.05) is 0 Å². The zero-order valence-corrected chi connectivity index (χ0v) is 15.6. The Balaban J connectivity index is 0.00000104. The van der Waals surface area contributed by atoms with Crippen molar-refractivity contribution < 1.29 is 4.79 Å². The van der Waals surface area contributed by atoms with Crippen LogP contribution in [-0.4, -0.2) is 33.9 Å². The first kappa shape index (κ1) is 19.2. The molecule has 1 aliphatic heterocycles. The largest absolute Gasteiger partial charge is 0.354 e. The molecule has 3 N–H and O–H groups in total. The zero-order valence-electron chi connectivity index (χ0n) is 13.1. The van der Waals surface area contributed by atoms with Gasteiger partial charge in [-0.3, -0.25) is 4.79 Å². The summed E-state index contributed by atoms with van der Waals surface area (Å²) in [4.78, 5) is 25.8. The molecule has 4 rings (SSSR count). The van der Waals surface area contributed by atoms with E-state index in [2.05, 4.69) is 25.6 Å². The van der Waals surface area contributed by atoms with Crippen LogP contribution < -0.4 is 10.6 Å². The second kappa shape index (κ2) is 8.29. The van der Waals surface area contributed by atoms with Crippen LogP contribution in [0.5, 0.6) is 0 Å². The second-order valence-corrected chi connectivity index (χ2v) is 6.94. The average molecular weight is 390 g/mol. The van der Waals surface area contributed by atoms with Crippen molar-refractivity contribution in [3.05, 3.63) is 33.3 Å². The molecule has 24 heavy (non-hydrogen) atoms. The highest BCUT2D eigenvalue weighted by Gasteiger charge is 2.28. The number of rotatable bonds is 4. The van der Waals surface area contributed by atoms with E-state index in [9.17, 15) is 4.79 Å². The number of hydrogen-bond donors (Lipinski definition) is 3. The number of carbonyl (C=O) groups is 1. The topological polar surface area (TPSA) is 82.7 Å². The van der Waals surface area contributed by atoms with Crippen LogP contribution in [0.15, 0.2) is 6.33 Å². The van der Waals surface area contributed by atoms with E-state index in [1.54, 1.807) is 17.7 Å². The maximum Gasteiger partial charge on any atom is 0.243 e. The smallest absolute Gasteiger partial charge is 0.243 e. The number of aromatic nitrogens is 3. The quantitative estimate of drug-likeness (QED) is 0.743. The first-order valence-electron chi connectivity index (χ1n) is 7.82. The van der Waals surface area contributed by atoms with Gasteiger partial charge in [0.2, 0.25) is 5.91 Å². The fourth-order valence-electron chi connectivity index (χ4n) is 3.18. The molecule has 9 heteroatoms.